The molecule has 0 spiro atoms. The average molecular weight is 419 g/mol. The van der Waals surface area contributed by atoms with Crippen molar-refractivity contribution in [3.05, 3.63) is 80.2 Å². The predicted molar refractivity (Wildman–Crippen MR) is 97.0 cm³/mol. The molecule has 132 valence electrons. The summed E-state index contributed by atoms with van der Waals surface area (Å²) in [6.07, 6.45) is 0. The van der Waals surface area contributed by atoms with Gasteiger partial charge < -0.3 is 5.32 Å². The van der Waals surface area contributed by atoms with Gasteiger partial charge in [0.15, 0.2) is 0 Å². The Kier molecular flexibility index (Phi) is 4.81. The minimum Gasteiger partial charge on any atom is -0.306 e. The predicted octanol–water partition coefficient (Wildman–Crippen LogP) is 4.24. The molecule has 26 heavy (non-hydrogen) atoms. The Morgan fingerprint density at radius 3 is 2.58 bits per heavy atom. The standard InChI is InChI=1S/C17H12BrFN4O3/c1-10-8-16(20-17(24)14-9-11(19)2-7-15(14)18)22(21-10)12-3-5-13(6-4-12)23(25)26/h2-9H,1H3,(H,20,24). The fourth-order valence-electron chi connectivity index (χ4n) is 2.36. The molecule has 1 aromatic heterocycles. The van der Waals surface area contributed by atoms with Crippen molar-refractivity contribution in [2.75, 3.05) is 5.32 Å². The van der Waals surface area contributed by atoms with Crippen LogP contribution in [0.15, 0.2) is 53.0 Å². The number of halogens is 2. The second kappa shape index (κ2) is 7.04. The number of nitrogens with one attached hydrogen (secondary N) is 1. The zero-order valence-corrected chi connectivity index (χ0v) is 15.0. The van der Waals surface area contributed by atoms with E-state index in [4.69, 9.17) is 0 Å². The van der Waals surface area contributed by atoms with Crippen LogP contribution in [0.4, 0.5) is 15.9 Å². The molecule has 2 aromatic carbocycles. The molecule has 0 bridgehead atoms. The first kappa shape index (κ1) is 17.7. The average Bonchev–Trinajstić information content (AvgIpc) is 2.97. The summed E-state index contributed by atoms with van der Waals surface area (Å²) in [6.45, 7) is 1.75. The Morgan fingerprint density at radius 2 is 1.92 bits per heavy atom. The van der Waals surface area contributed by atoms with Crippen LogP contribution < -0.4 is 5.32 Å². The molecule has 0 atom stereocenters. The summed E-state index contributed by atoms with van der Waals surface area (Å²) in [7, 11) is 0. The molecule has 0 aliphatic rings. The number of hydrogen-bond donors (Lipinski definition) is 1. The van der Waals surface area contributed by atoms with Gasteiger partial charge in [-0.15, -0.1) is 0 Å². The Morgan fingerprint density at radius 1 is 1.23 bits per heavy atom. The number of hydrogen-bond acceptors (Lipinski definition) is 4. The third-order valence-corrected chi connectivity index (χ3v) is 4.24. The molecular formula is C17H12BrFN4O3. The smallest absolute Gasteiger partial charge is 0.269 e. The van der Waals surface area contributed by atoms with Gasteiger partial charge in [0.1, 0.15) is 11.6 Å². The molecule has 3 rings (SSSR count). The molecule has 3 aromatic rings. The van der Waals surface area contributed by atoms with Crippen molar-refractivity contribution in [1.29, 1.82) is 0 Å². The number of carbonyl (C=O) groups excluding carboxylic acids is 1. The summed E-state index contributed by atoms with van der Waals surface area (Å²) >= 11 is 3.22. The number of benzene rings is 2. The topological polar surface area (TPSA) is 90.1 Å². The van der Waals surface area contributed by atoms with E-state index in [9.17, 15) is 19.3 Å². The minimum atomic E-state index is -0.529. The van der Waals surface area contributed by atoms with Gasteiger partial charge in [-0.25, -0.2) is 9.07 Å². The number of non-ortho nitro benzene ring substituents is 1. The molecule has 0 unspecified atom stereocenters. The molecule has 1 heterocycles. The second-order valence-corrected chi connectivity index (χ2v) is 6.29. The number of nitro benzene ring substituents is 1. The molecule has 0 aliphatic heterocycles. The normalized spacial score (nSPS) is 10.6. The van der Waals surface area contributed by atoms with Gasteiger partial charge >= 0.3 is 0 Å². The van der Waals surface area contributed by atoms with Crippen LogP contribution in [0.25, 0.3) is 5.69 Å². The van der Waals surface area contributed by atoms with Crippen molar-refractivity contribution in [3.63, 3.8) is 0 Å². The summed E-state index contributed by atoms with van der Waals surface area (Å²) in [5.41, 5.74) is 1.26. The molecular weight excluding hydrogens is 407 g/mol. The van der Waals surface area contributed by atoms with Crippen molar-refractivity contribution in [3.8, 4) is 5.69 Å². The summed E-state index contributed by atoms with van der Waals surface area (Å²) < 4.78 is 15.3. The number of amides is 1. The summed E-state index contributed by atoms with van der Waals surface area (Å²) in [6, 6.07) is 11.2. The number of rotatable bonds is 4. The van der Waals surface area contributed by atoms with E-state index in [0.717, 1.165) is 6.07 Å². The van der Waals surface area contributed by atoms with Gasteiger partial charge in [0.05, 0.1) is 21.9 Å². The number of aromatic nitrogens is 2. The van der Waals surface area contributed by atoms with E-state index < -0.39 is 16.6 Å². The van der Waals surface area contributed by atoms with Crippen LogP contribution in [-0.4, -0.2) is 20.6 Å². The highest BCUT2D eigenvalue weighted by molar-refractivity contribution is 9.10. The van der Waals surface area contributed by atoms with E-state index in [1.807, 2.05) is 0 Å². The van der Waals surface area contributed by atoms with Crippen LogP contribution in [0.1, 0.15) is 16.1 Å². The van der Waals surface area contributed by atoms with E-state index in [2.05, 4.69) is 26.3 Å². The highest BCUT2D eigenvalue weighted by Crippen LogP contribution is 2.23. The number of nitro groups is 1. The van der Waals surface area contributed by atoms with Gasteiger partial charge in [-0.3, -0.25) is 14.9 Å². The van der Waals surface area contributed by atoms with Crippen molar-refractivity contribution >= 4 is 33.3 Å². The molecule has 0 radical (unpaired) electrons. The lowest BCUT2D eigenvalue weighted by molar-refractivity contribution is -0.384. The Hall–Kier alpha value is -3.07. The monoisotopic (exact) mass is 418 g/mol. The molecule has 1 amide bonds. The largest absolute Gasteiger partial charge is 0.306 e. The van der Waals surface area contributed by atoms with Crippen LogP contribution in [0.5, 0.6) is 0 Å². The van der Waals surface area contributed by atoms with Crippen molar-refractivity contribution in [2.45, 2.75) is 6.92 Å². The Bertz CT molecular complexity index is 1000. The van der Waals surface area contributed by atoms with E-state index >= 15 is 0 Å². The van der Waals surface area contributed by atoms with Crippen molar-refractivity contribution in [1.82, 2.24) is 9.78 Å². The molecule has 9 heteroatoms. The molecule has 0 aliphatic carbocycles. The van der Waals surface area contributed by atoms with Gasteiger partial charge in [-0.1, -0.05) is 0 Å². The van der Waals surface area contributed by atoms with E-state index in [0.29, 0.717) is 21.7 Å². The minimum absolute atomic E-state index is 0.0492. The fourth-order valence-corrected chi connectivity index (χ4v) is 2.78. The second-order valence-electron chi connectivity index (χ2n) is 5.43. The summed E-state index contributed by atoms with van der Waals surface area (Å²) in [5, 5.41) is 17.7. The zero-order chi connectivity index (χ0) is 18.8. The van der Waals surface area contributed by atoms with E-state index in [1.54, 1.807) is 13.0 Å². The zero-order valence-electron chi connectivity index (χ0n) is 13.4. The van der Waals surface area contributed by atoms with Crippen LogP contribution >= 0.6 is 15.9 Å². The summed E-state index contributed by atoms with van der Waals surface area (Å²) in [5.74, 6) is -0.685. The number of anilines is 1. The van der Waals surface area contributed by atoms with Gasteiger partial charge in [0, 0.05) is 22.7 Å². The third-order valence-electron chi connectivity index (χ3n) is 3.55. The van der Waals surface area contributed by atoms with Gasteiger partial charge in [-0.2, -0.15) is 5.10 Å². The first-order valence-corrected chi connectivity index (χ1v) is 8.22. The molecule has 1 N–H and O–H groups in total. The highest BCUT2D eigenvalue weighted by atomic mass is 79.9. The number of carbonyl (C=O) groups is 1. The molecule has 0 saturated carbocycles. The maximum absolute atomic E-state index is 13.4. The maximum Gasteiger partial charge on any atom is 0.269 e. The number of aryl methyl sites for hydroxylation is 1. The molecule has 0 saturated heterocycles. The van der Waals surface area contributed by atoms with E-state index in [-0.39, 0.29) is 11.3 Å². The Balaban J connectivity index is 1.93. The first-order valence-electron chi connectivity index (χ1n) is 7.43. The molecule has 0 fully saturated rings. The maximum atomic E-state index is 13.4. The lowest BCUT2D eigenvalue weighted by Crippen LogP contribution is -2.16. The van der Waals surface area contributed by atoms with Crippen LogP contribution in [-0.2, 0) is 0 Å². The van der Waals surface area contributed by atoms with Crippen LogP contribution in [0.3, 0.4) is 0 Å². The molecule has 7 nitrogen and oxygen atoms in total. The number of nitrogens with zero attached hydrogens (tertiary/aromatic N) is 3. The highest BCUT2D eigenvalue weighted by Gasteiger charge is 2.16. The lowest BCUT2D eigenvalue weighted by atomic mass is 10.2. The van der Waals surface area contributed by atoms with Crippen LogP contribution in [0.2, 0.25) is 0 Å². The van der Waals surface area contributed by atoms with Crippen LogP contribution in [0, 0.1) is 22.9 Å². The Labute approximate surface area is 155 Å². The third kappa shape index (κ3) is 3.62. The summed E-state index contributed by atoms with van der Waals surface area (Å²) in [4.78, 5) is 22.8. The fraction of sp³-hybridized carbons (Fsp3) is 0.0588. The van der Waals surface area contributed by atoms with E-state index in [1.165, 1.54) is 41.1 Å². The van der Waals surface area contributed by atoms with Crippen molar-refractivity contribution < 1.29 is 14.1 Å². The SMILES string of the molecule is Cc1cc(NC(=O)c2cc(F)ccc2Br)n(-c2ccc([N+](=O)[O-])cc2)n1. The van der Waals surface area contributed by atoms with Gasteiger partial charge in [0.25, 0.3) is 11.6 Å². The quantitative estimate of drug-likeness (QED) is 0.506. The van der Waals surface area contributed by atoms with Crippen molar-refractivity contribution in [2.24, 2.45) is 0 Å². The first-order chi connectivity index (χ1) is 12.3. The van der Waals surface area contributed by atoms with Gasteiger partial charge in [0.2, 0.25) is 0 Å². The lowest BCUT2D eigenvalue weighted by Gasteiger charge is -2.10. The van der Waals surface area contributed by atoms with Gasteiger partial charge in [-0.05, 0) is 53.2 Å².